The average molecular weight is 275 g/mol. The fraction of sp³-hybridized carbons (Fsp3) is 0.923. The minimum atomic E-state index is -0.516. The highest BCUT2D eigenvalue weighted by Crippen LogP contribution is 2.26. The minimum absolute atomic E-state index is 0.142. The van der Waals surface area contributed by atoms with E-state index in [1.807, 2.05) is 18.7 Å². The van der Waals surface area contributed by atoms with Crippen LogP contribution in [0.15, 0.2) is 0 Å². The summed E-state index contributed by atoms with van der Waals surface area (Å²) in [7, 11) is 3.18. The quantitative estimate of drug-likeness (QED) is 0.487. The van der Waals surface area contributed by atoms with Crippen molar-refractivity contribution < 1.29 is 14.3 Å². The molecule has 106 valence electrons. The molecule has 0 bridgehead atoms. The van der Waals surface area contributed by atoms with E-state index < -0.39 is 5.54 Å². The maximum Gasteiger partial charge on any atom is 0.325 e. The van der Waals surface area contributed by atoms with Crippen molar-refractivity contribution in [2.24, 2.45) is 0 Å². The Bertz CT molecular complexity index is 259. The van der Waals surface area contributed by atoms with Crippen molar-refractivity contribution in [2.45, 2.75) is 44.2 Å². The second-order valence-electron chi connectivity index (χ2n) is 4.95. The van der Waals surface area contributed by atoms with E-state index in [-0.39, 0.29) is 5.97 Å². The third-order valence-electron chi connectivity index (χ3n) is 3.13. The van der Waals surface area contributed by atoms with Crippen molar-refractivity contribution >= 4 is 17.7 Å². The first-order chi connectivity index (χ1) is 8.62. The monoisotopic (exact) mass is 275 g/mol. The molecule has 1 atom stereocenters. The smallest absolute Gasteiger partial charge is 0.325 e. The van der Waals surface area contributed by atoms with Crippen LogP contribution in [-0.2, 0) is 14.3 Å². The van der Waals surface area contributed by atoms with Gasteiger partial charge in [0, 0.05) is 18.9 Å². The molecule has 0 spiro atoms. The van der Waals surface area contributed by atoms with Crippen LogP contribution in [0.3, 0.4) is 0 Å². The van der Waals surface area contributed by atoms with Gasteiger partial charge in [0.25, 0.3) is 0 Å². The van der Waals surface area contributed by atoms with E-state index in [9.17, 15) is 4.79 Å². The van der Waals surface area contributed by atoms with E-state index in [0.717, 1.165) is 31.0 Å². The van der Waals surface area contributed by atoms with E-state index in [0.29, 0.717) is 6.04 Å². The van der Waals surface area contributed by atoms with Crippen LogP contribution in [0.2, 0.25) is 0 Å². The molecule has 0 heterocycles. The molecule has 0 saturated heterocycles. The molecule has 1 fully saturated rings. The highest BCUT2D eigenvalue weighted by molar-refractivity contribution is 7.99. The van der Waals surface area contributed by atoms with Gasteiger partial charge < -0.3 is 9.47 Å². The molecule has 0 aromatic carbocycles. The van der Waals surface area contributed by atoms with Crippen LogP contribution in [0, 0.1) is 0 Å². The van der Waals surface area contributed by atoms with Gasteiger partial charge in [0.1, 0.15) is 5.54 Å². The zero-order valence-electron chi connectivity index (χ0n) is 11.7. The number of thioether (sulfide) groups is 1. The molecule has 0 radical (unpaired) electrons. The van der Waals surface area contributed by atoms with E-state index >= 15 is 0 Å². The zero-order valence-corrected chi connectivity index (χ0v) is 12.5. The van der Waals surface area contributed by atoms with Gasteiger partial charge in [0.05, 0.1) is 13.7 Å². The van der Waals surface area contributed by atoms with Gasteiger partial charge >= 0.3 is 5.97 Å². The van der Waals surface area contributed by atoms with E-state index in [4.69, 9.17) is 9.47 Å². The topological polar surface area (TPSA) is 47.6 Å². The summed E-state index contributed by atoms with van der Waals surface area (Å²) in [5, 5.41) is 3.41. The Balaban J connectivity index is 2.25. The Labute approximate surface area is 114 Å². The largest absolute Gasteiger partial charge is 0.468 e. The van der Waals surface area contributed by atoms with Gasteiger partial charge in [-0.15, -0.1) is 0 Å². The number of esters is 1. The van der Waals surface area contributed by atoms with Crippen molar-refractivity contribution in [2.75, 3.05) is 32.3 Å². The third-order valence-corrected chi connectivity index (χ3v) is 4.17. The van der Waals surface area contributed by atoms with Crippen LogP contribution in [0.1, 0.15) is 32.6 Å². The zero-order chi connectivity index (χ0) is 13.4. The summed E-state index contributed by atoms with van der Waals surface area (Å²) in [4.78, 5) is 11.9. The maximum atomic E-state index is 11.9. The van der Waals surface area contributed by atoms with Crippen molar-refractivity contribution in [3.8, 4) is 0 Å². The number of nitrogens with one attached hydrogen (secondary N) is 1. The summed E-state index contributed by atoms with van der Waals surface area (Å²) in [5.74, 6) is 1.93. The van der Waals surface area contributed by atoms with Crippen molar-refractivity contribution in [1.82, 2.24) is 5.32 Å². The molecule has 0 amide bonds. The molecule has 1 unspecified atom stereocenters. The van der Waals surface area contributed by atoms with E-state index in [2.05, 4.69) is 5.32 Å². The Kier molecular flexibility index (Phi) is 7.04. The van der Waals surface area contributed by atoms with Crippen LogP contribution < -0.4 is 5.32 Å². The fourth-order valence-electron chi connectivity index (χ4n) is 1.91. The first-order valence-electron chi connectivity index (χ1n) is 6.55. The first-order valence-corrected chi connectivity index (χ1v) is 7.70. The number of hydrogen-bond donors (Lipinski definition) is 1. The van der Waals surface area contributed by atoms with E-state index in [1.165, 1.54) is 20.0 Å². The molecule has 1 N–H and O–H groups in total. The lowest BCUT2D eigenvalue weighted by Gasteiger charge is -2.28. The molecular weight excluding hydrogens is 250 g/mol. The fourth-order valence-corrected chi connectivity index (χ4v) is 2.75. The van der Waals surface area contributed by atoms with Crippen molar-refractivity contribution in [3.05, 3.63) is 0 Å². The van der Waals surface area contributed by atoms with E-state index in [1.54, 1.807) is 7.11 Å². The molecule has 0 aromatic heterocycles. The first kappa shape index (κ1) is 15.8. The molecule has 1 aliphatic rings. The summed E-state index contributed by atoms with van der Waals surface area (Å²) >= 11 is 1.87. The maximum absolute atomic E-state index is 11.9. The van der Waals surface area contributed by atoms with Gasteiger partial charge in [-0.2, -0.15) is 11.8 Å². The summed E-state index contributed by atoms with van der Waals surface area (Å²) in [6.07, 6.45) is 4.19. The van der Waals surface area contributed by atoms with Crippen LogP contribution in [0.5, 0.6) is 0 Å². The molecule has 5 heteroatoms. The van der Waals surface area contributed by atoms with Crippen molar-refractivity contribution in [1.29, 1.82) is 0 Å². The lowest BCUT2D eigenvalue weighted by molar-refractivity contribution is -0.148. The highest BCUT2D eigenvalue weighted by Gasteiger charge is 2.38. The minimum Gasteiger partial charge on any atom is -0.468 e. The van der Waals surface area contributed by atoms with Crippen LogP contribution in [0.25, 0.3) is 0 Å². The number of methoxy groups -OCH3 is 2. The summed E-state index contributed by atoms with van der Waals surface area (Å²) in [5.41, 5.74) is -0.516. The normalized spacial score (nSPS) is 18.4. The molecule has 1 rings (SSSR count). The number of rotatable bonds is 10. The Morgan fingerprint density at radius 2 is 2.11 bits per heavy atom. The third kappa shape index (κ3) is 5.59. The van der Waals surface area contributed by atoms with Gasteiger partial charge in [-0.1, -0.05) is 0 Å². The van der Waals surface area contributed by atoms with Gasteiger partial charge in [0.2, 0.25) is 0 Å². The standard InChI is InChI=1S/C13H25NO3S/c1-13(12(15)17-3,14-11-5-6-11)7-4-9-18-10-8-16-2/h11,14H,4-10H2,1-3H3. The number of carbonyl (C=O) groups is 1. The summed E-state index contributed by atoms with van der Waals surface area (Å²) in [6.45, 7) is 2.75. The predicted molar refractivity (Wildman–Crippen MR) is 75.0 cm³/mol. The number of hydrogen-bond acceptors (Lipinski definition) is 5. The van der Waals surface area contributed by atoms with Gasteiger partial charge in [-0.25, -0.2) is 0 Å². The molecule has 0 aliphatic heterocycles. The van der Waals surface area contributed by atoms with Crippen LogP contribution in [-0.4, -0.2) is 49.9 Å². The van der Waals surface area contributed by atoms with Gasteiger partial charge in [-0.3, -0.25) is 10.1 Å². The summed E-state index contributed by atoms with van der Waals surface area (Å²) < 4.78 is 9.91. The van der Waals surface area contributed by atoms with Crippen LogP contribution >= 0.6 is 11.8 Å². The van der Waals surface area contributed by atoms with Gasteiger partial charge in [0.15, 0.2) is 0 Å². The van der Waals surface area contributed by atoms with Gasteiger partial charge in [-0.05, 0) is 38.4 Å². The Morgan fingerprint density at radius 1 is 1.39 bits per heavy atom. The van der Waals surface area contributed by atoms with Crippen LogP contribution in [0.4, 0.5) is 0 Å². The van der Waals surface area contributed by atoms with Crippen molar-refractivity contribution in [3.63, 3.8) is 0 Å². The Morgan fingerprint density at radius 3 is 2.67 bits per heavy atom. The average Bonchev–Trinajstić information content (AvgIpc) is 3.16. The lowest BCUT2D eigenvalue weighted by Crippen LogP contribution is -2.51. The highest BCUT2D eigenvalue weighted by atomic mass is 32.2. The Hall–Kier alpha value is -0.260. The molecule has 1 saturated carbocycles. The molecule has 0 aromatic rings. The lowest BCUT2D eigenvalue weighted by atomic mass is 9.96. The molecule has 4 nitrogen and oxygen atoms in total. The summed E-state index contributed by atoms with van der Waals surface area (Å²) in [6, 6.07) is 0.509. The number of ether oxygens (including phenoxy) is 2. The number of carbonyl (C=O) groups excluding carboxylic acids is 1. The SMILES string of the molecule is COCCSCCCC(C)(NC1CC1)C(=O)OC. The second kappa shape index (κ2) is 8.02. The molecule has 18 heavy (non-hydrogen) atoms. The molecule has 1 aliphatic carbocycles. The molecular formula is C13H25NO3S. The second-order valence-corrected chi connectivity index (χ2v) is 6.18. The predicted octanol–water partition coefficient (Wildman–Crippen LogP) is 1.83.